The number of carbonyl (C=O) groups is 2. The highest BCUT2D eigenvalue weighted by atomic mass is 19.1. The topological polar surface area (TPSA) is 54.4 Å². The van der Waals surface area contributed by atoms with E-state index < -0.39 is 18.6 Å². The van der Waals surface area contributed by atoms with Gasteiger partial charge < -0.3 is 9.90 Å². The average molecular weight is 120 g/mol. The van der Waals surface area contributed by atoms with Crippen LogP contribution in [0.4, 0.5) is 4.39 Å². The molecular weight excluding hydrogens is 115 g/mol. The van der Waals surface area contributed by atoms with Crippen LogP contribution in [0.3, 0.4) is 0 Å². The quantitative estimate of drug-likeness (QED) is 0.533. The maximum Gasteiger partial charge on any atom is 0.306 e. The molecule has 0 aromatic heterocycles. The van der Waals surface area contributed by atoms with E-state index >= 15 is 0 Å². The largest absolute Gasteiger partial charge is 0.481 e. The molecule has 1 unspecified atom stereocenters. The molecule has 0 bridgehead atoms. The van der Waals surface area contributed by atoms with E-state index in [2.05, 4.69) is 0 Å². The first-order valence-corrected chi connectivity index (χ1v) is 1.98. The number of carboxylic acid groups (broad SMARTS) is 1. The lowest BCUT2D eigenvalue weighted by atomic mass is 10.3. The molecule has 0 saturated carbocycles. The number of carbonyl (C=O) groups excluding carboxylic acids is 1. The highest BCUT2D eigenvalue weighted by molar-refractivity contribution is 5.72. The summed E-state index contributed by atoms with van der Waals surface area (Å²) in [5, 5.41) is 7.82. The summed E-state index contributed by atoms with van der Waals surface area (Å²) in [5.74, 6) is -1.30. The fraction of sp³-hybridized carbons (Fsp3) is 0.500. The van der Waals surface area contributed by atoms with Crippen LogP contribution in [0, 0.1) is 0 Å². The molecule has 0 spiro atoms. The van der Waals surface area contributed by atoms with Gasteiger partial charge in [-0.25, -0.2) is 4.39 Å². The molecule has 8 heavy (non-hydrogen) atoms. The standard InChI is InChI=1S/C4H5FO3/c5-3(2-6)1-4(7)8/h2-3H,1H2,(H,7,8). The van der Waals surface area contributed by atoms with Gasteiger partial charge in [0.2, 0.25) is 0 Å². The Labute approximate surface area is 45.1 Å². The molecule has 0 fully saturated rings. The van der Waals surface area contributed by atoms with Gasteiger partial charge in [0.05, 0.1) is 6.42 Å². The molecule has 46 valence electrons. The Morgan fingerprint density at radius 2 is 2.38 bits per heavy atom. The van der Waals surface area contributed by atoms with E-state index in [1.54, 1.807) is 0 Å². The van der Waals surface area contributed by atoms with E-state index in [0.717, 1.165) is 0 Å². The molecule has 0 aliphatic carbocycles. The summed E-state index contributed by atoms with van der Waals surface area (Å²) >= 11 is 0. The second kappa shape index (κ2) is 3.12. The van der Waals surface area contributed by atoms with E-state index in [4.69, 9.17) is 5.11 Å². The Morgan fingerprint density at radius 1 is 1.88 bits per heavy atom. The van der Waals surface area contributed by atoms with Crippen LogP contribution >= 0.6 is 0 Å². The molecule has 0 aliphatic heterocycles. The van der Waals surface area contributed by atoms with Gasteiger partial charge in [-0.2, -0.15) is 0 Å². The van der Waals surface area contributed by atoms with Crippen molar-refractivity contribution in [3.05, 3.63) is 0 Å². The monoisotopic (exact) mass is 120 g/mol. The number of hydrogen-bond acceptors (Lipinski definition) is 2. The van der Waals surface area contributed by atoms with E-state index in [-0.39, 0.29) is 6.29 Å². The zero-order chi connectivity index (χ0) is 6.57. The van der Waals surface area contributed by atoms with Gasteiger partial charge in [-0.15, -0.1) is 0 Å². The first-order chi connectivity index (χ1) is 3.66. The molecule has 1 atom stereocenters. The summed E-state index contributed by atoms with van der Waals surface area (Å²) in [6.45, 7) is 0. The molecule has 0 aromatic carbocycles. The van der Waals surface area contributed by atoms with Crippen LogP contribution in [0.1, 0.15) is 6.42 Å². The second-order valence-corrected chi connectivity index (χ2v) is 1.25. The number of alkyl halides is 1. The summed E-state index contributed by atoms with van der Waals surface area (Å²) < 4.78 is 11.6. The summed E-state index contributed by atoms with van der Waals surface area (Å²) in [6, 6.07) is 0. The van der Waals surface area contributed by atoms with E-state index in [1.165, 1.54) is 0 Å². The van der Waals surface area contributed by atoms with Gasteiger partial charge >= 0.3 is 5.97 Å². The van der Waals surface area contributed by atoms with Crippen LogP contribution < -0.4 is 0 Å². The predicted octanol–water partition coefficient (Wildman–Crippen LogP) is -0.00190. The molecule has 0 aliphatic rings. The van der Waals surface area contributed by atoms with Gasteiger partial charge in [0.25, 0.3) is 0 Å². The minimum Gasteiger partial charge on any atom is -0.481 e. The third-order valence-corrected chi connectivity index (χ3v) is 0.517. The van der Waals surface area contributed by atoms with Crippen molar-refractivity contribution in [3.63, 3.8) is 0 Å². The number of carboxylic acids is 1. The third-order valence-electron chi connectivity index (χ3n) is 0.517. The molecule has 4 heteroatoms. The van der Waals surface area contributed by atoms with Crippen LogP contribution in [-0.2, 0) is 9.59 Å². The average Bonchev–Trinajstić information content (AvgIpc) is 1.65. The van der Waals surface area contributed by atoms with Crippen molar-refractivity contribution in [1.29, 1.82) is 0 Å². The lowest BCUT2D eigenvalue weighted by molar-refractivity contribution is -0.139. The maximum atomic E-state index is 11.6. The van der Waals surface area contributed by atoms with Crippen molar-refractivity contribution in [2.75, 3.05) is 0 Å². The van der Waals surface area contributed by atoms with Gasteiger partial charge in [0, 0.05) is 0 Å². The third kappa shape index (κ3) is 3.27. The van der Waals surface area contributed by atoms with Crippen LogP contribution in [0.25, 0.3) is 0 Å². The molecule has 0 saturated heterocycles. The second-order valence-electron chi connectivity index (χ2n) is 1.25. The van der Waals surface area contributed by atoms with Gasteiger partial charge in [-0.1, -0.05) is 0 Å². The summed E-state index contributed by atoms with van der Waals surface area (Å²) in [6.07, 6.45) is -2.62. The Hall–Kier alpha value is -0.930. The van der Waals surface area contributed by atoms with Gasteiger partial charge in [-0.05, 0) is 0 Å². The molecule has 0 aromatic rings. The van der Waals surface area contributed by atoms with Crippen LogP contribution in [-0.4, -0.2) is 23.5 Å². The fourth-order valence-electron chi connectivity index (χ4n) is 0.215. The number of rotatable bonds is 3. The Balaban J connectivity index is 3.38. The first-order valence-electron chi connectivity index (χ1n) is 1.98. The molecule has 1 N–H and O–H groups in total. The Kier molecular flexibility index (Phi) is 2.76. The van der Waals surface area contributed by atoms with Crippen LogP contribution in [0.15, 0.2) is 0 Å². The summed E-state index contributed by atoms with van der Waals surface area (Å²) in [4.78, 5) is 19.0. The molecule has 0 amide bonds. The zero-order valence-corrected chi connectivity index (χ0v) is 4.00. The summed E-state index contributed by atoms with van der Waals surface area (Å²) in [7, 11) is 0. The maximum absolute atomic E-state index is 11.6. The first kappa shape index (κ1) is 7.07. The van der Waals surface area contributed by atoms with Crippen molar-refractivity contribution in [3.8, 4) is 0 Å². The number of halogens is 1. The predicted molar refractivity (Wildman–Crippen MR) is 23.2 cm³/mol. The van der Waals surface area contributed by atoms with Crippen LogP contribution in [0.2, 0.25) is 0 Å². The Bertz CT molecular complexity index is 101. The van der Waals surface area contributed by atoms with Crippen molar-refractivity contribution >= 4 is 12.3 Å². The van der Waals surface area contributed by atoms with E-state index in [1.807, 2.05) is 0 Å². The zero-order valence-electron chi connectivity index (χ0n) is 4.00. The van der Waals surface area contributed by atoms with Crippen LogP contribution in [0.5, 0.6) is 0 Å². The molecule has 0 heterocycles. The van der Waals surface area contributed by atoms with Crippen molar-refractivity contribution in [2.45, 2.75) is 12.6 Å². The molecule has 3 nitrogen and oxygen atoms in total. The minimum atomic E-state index is -1.85. The summed E-state index contributed by atoms with van der Waals surface area (Å²) in [5.41, 5.74) is 0. The molecular formula is C4H5FO3. The lowest BCUT2D eigenvalue weighted by Gasteiger charge is -1.89. The van der Waals surface area contributed by atoms with Gasteiger partial charge in [-0.3, -0.25) is 4.79 Å². The van der Waals surface area contributed by atoms with Crippen molar-refractivity contribution < 1.29 is 19.1 Å². The van der Waals surface area contributed by atoms with Crippen molar-refractivity contribution in [2.24, 2.45) is 0 Å². The Morgan fingerprint density at radius 3 is 2.50 bits per heavy atom. The number of aliphatic carboxylic acids is 1. The smallest absolute Gasteiger partial charge is 0.306 e. The fourth-order valence-corrected chi connectivity index (χ4v) is 0.215. The number of aldehydes is 1. The SMILES string of the molecule is O=CC(F)CC(=O)O. The number of hydrogen-bond donors (Lipinski definition) is 1. The van der Waals surface area contributed by atoms with Crippen molar-refractivity contribution in [1.82, 2.24) is 0 Å². The van der Waals surface area contributed by atoms with Gasteiger partial charge in [0.1, 0.15) is 0 Å². The van der Waals surface area contributed by atoms with E-state index in [0.29, 0.717) is 0 Å². The normalized spacial score (nSPS) is 12.6. The lowest BCUT2D eigenvalue weighted by Crippen LogP contribution is -2.08. The van der Waals surface area contributed by atoms with Gasteiger partial charge in [0.15, 0.2) is 12.5 Å². The minimum absolute atomic E-state index is 0.0336. The van der Waals surface area contributed by atoms with E-state index in [9.17, 15) is 14.0 Å². The molecule has 0 radical (unpaired) electrons. The molecule has 0 rings (SSSR count). The highest BCUT2D eigenvalue weighted by Gasteiger charge is 2.08. The highest BCUT2D eigenvalue weighted by Crippen LogP contribution is 1.91.